The monoisotopic (exact) mass is 226 g/mol. The van der Waals surface area contributed by atoms with Crippen LogP contribution >= 0.6 is 0 Å². The van der Waals surface area contributed by atoms with Gasteiger partial charge < -0.3 is 4.74 Å². The maximum atomic E-state index is 11.0. The standard InChI is InChI=1S/C14H26O2/c1-11(16-12(2)15)14(3,4)10-13-8-6-5-7-9-13/h11,13H,5-10H2,1-4H3. The summed E-state index contributed by atoms with van der Waals surface area (Å²) in [4.78, 5) is 11.0. The van der Waals surface area contributed by atoms with Gasteiger partial charge in [-0.15, -0.1) is 0 Å². The Bertz CT molecular complexity index is 227. The Morgan fingerprint density at radius 1 is 1.31 bits per heavy atom. The second-order valence-electron chi connectivity index (χ2n) is 5.95. The fourth-order valence-electron chi connectivity index (χ4n) is 2.71. The highest BCUT2D eigenvalue weighted by molar-refractivity contribution is 5.66. The number of hydrogen-bond acceptors (Lipinski definition) is 2. The van der Waals surface area contributed by atoms with Crippen LogP contribution in [0.2, 0.25) is 0 Å². The summed E-state index contributed by atoms with van der Waals surface area (Å²) in [5.41, 5.74) is 0.105. The van der Waals surface area contributed by atoms with Gasteiger partial charge in [0.15, 0.2) is 0 Å². The molecule has 0 aromatic heterocycles. The molecule has 0 aliphatic heterocycles. The first-order chi connectivity index (χ1) is 7.42. The Balaban J connectivity index is 2.45. The van der Waals surface area contributed by atoms with Gasteiger partial charge in [-0.2, -0.15) is 0 Å². The van der Waals surface area contributed by atoms with Gasteiger partial charge in [0, 0.05) is 12.3 Å². The molecule has 94 valence electrons. The van der Waals surface area contributed by atoms with E-state index < -0.39 is 0 Å². The molecule has 1 aliphatic carbocycles. The van der Waals surface area contributed by atoms with Crippen molar-refractivity contribution in [2.75, 3.05) is 0 Å². The second-order valence-corrected chi connectivity index (χ2v) is 5.95. The van der Waals surface area contributed by atoms with Gasteiger partial charge in [0.2, 0.25) is 0 Å². The van der Waals surface area contributed by atoms with Gasteiger partial charge >= 0.3 is 5.97 Å². The third-order valence-corrected chi connectivity index (χ3v) is 3.98. The predicted octanol–water partition coefficient (Wildman–Crippen LogP) is 3.93. The average Bonchev–Trinajstić information content (AvgIpc) is 2.17. The smallest absolute Gasteiger partial charge is 0.302 e. The largest absolute Gasteiger partial charge is 0.462 e. The minimum Gasteiger partial charge on any atom is -0.462 e. The van der Waals surface area contributed by atoms with Crippen LogP contribution in [0.25, 0.3) is 0 Å². The molecular weight excluding hydrogens is 200 g/mol. The number of carbonyl (C=O) groups excluding carboxylic acids is 1. The topological polar surface area (TPSA) is 26.3 Å². The lowest BCUT2D eigenvalue weighted by molar-refractivity contribution is -0.151. The van der Waals surface area contributed by atoms with Crippen molar-refractivity contribution in [1.29, 1.82) is 0 Å². The summed E-state index contributed by atoms with van der Waals surface area (Å²) in [6, 6.07) is 0. The zero-order chi connectivity index (χ0) is 12.2. The van der Waals surface area contributed by atoms with Gasteiger partial charge in [-0.1, -0.05) is 46.0 Å². The molecule has 0 bridgehead atoms. The SMILES string of the molecule is CC(=O)OC(C)C(C)(C)CC1CCCCC1. The first kappa shape index (κ1) is 13.5. The molecule has 0 heterocycles. The number of rotatable bonds is 4. The summed E-state index contributed by atoms with van der Waals surface area (Å²) in [5, 5.41) is 0. The first-order valence-corrected chi connectivity index (χ1v) is 6.59. The van der Waals surface area contributed by atoms with Crippen LogP contribution in [0, 0.1) is 11.3 Å². The Labute approximate surface area is 99.8 Å². The van der Waals surface area contributed by atoms with Crippen LogP contribution in [0.4, 0.5) is 0 Å². The molecule has 16 heavy (non-hydrogen) atoms. The number of esters is 1. The quantitative estimate of drug-likeness (QED) is 0.679. The van der Waals surface area contributed by atoms with Crippen molar-refractivity contribution in [1.82, 2.24) is 0 Å². The van der Waals surface area contributed by atoms with Gasteiger partial charge in [-0.3, -0.25) is 4.79 Å². The van der Waals surface area contributed by atoms with Crippen LogP contribution in [0.15, 0.2) is 0 Å². The third-order valence-electron chi connectivity index (χ3n) is 3.98. The van der Waals surface area contributed by atoms with Crippen molar-refractivity contribution >= 4 is 5.97 Å². The molecule has 1 rings (SSSR count). The molecule has 0 aromatic rings. The van der Waals surface area contributed by atoms with Crippen molar-refractivity contribution < 1.29 is 9.53 Å². The number of carbonyl (C=O) groups is 1. The van der Waals surface area contributed by atoms with Crippen LogP contribution in [0.5, 0.6) is 0 Å². The highest BCUT2D eigenvalue weighted by Crippen LogP contribution is 2.37. The summed E-state index contributed by atoms with van der Waals surface area (Å²) in [6.45, 7) is 7.95. The predicted molar refractivity (Wildman–Crippen MR) is 66.2 cm³/mol. The van der Waals surface area contributed by atoms with E-state index in [2.05, 4.69) is 13.8 Å². The van der Waals surface area contributed by atoms with E-state index in [4.69, 9.17) is 4.74 Å². The molecule has 1 aliphatic rings. The molecule has 0 saturated heterocycles. The van der Waals surface area contributed by atoms with E-state index in [0.29, 0.717) is 0 Å². The summed E-state index contributed by atoms with van der Waals surface area (Å²) < 4.78 is 5.32. The molecule has 0 radical (unpaired) electrons. The van der Waals surface area contributed by atoms with Crippen LogP contribution in [-0.4, -0.2) is 12.1 Å². The highest BCUT2D eigenvalue weighted by atomic mass is 16.5. The van der Waals surface area contributed by atoms with Crippen molar-refractivity contribution in [3.63, 3.8) is 0 Å². The molecule has 1 atom stereocenters. The van der Waals surface area contributed by atoms with E-state index in [-0.39, 0.29) is 17.5 Å². The Kier molecular flexibility index (Phi) is 4.82. The molecule has 1 saturated carbocycles. The van der Waals surface area contributed by atoms with Crippen molar-refractivity contribution in [3.05, 3.63) is 0 Å². The normalized spacial score (nSPS) is 20.5. The summed E-state index contributed by atoms with van der Waals surface area (Å²) in [5.74, 6) is 0.672. The highest BCUT2D eigenvalue weighted by Gasteiger charge is 2.31. The van der Waals surface area contributed by atoms with Crippen molar-refractivity contribution in [2.24, 2.45) is 11.3 Å². The van der Waals surface area contributed by atoms with Crippen LogP contribution in [0.1, 0.15) is 66.2 Å². The van der Waals surface area contributed by atoms with E-state index in [1.165, 1.54) is 45.4 Å². The molecule has 0 aromatic carbocycles. The van der Waals surface area contributed by atoms with E-state index in [1.54, 1.807) is 0 Å². The van der Waals surface area contributed by atoms with Gasteiger partial charge in [0.05, 0.1) is 0 Å². The Hall–Kier alpha value is -0.530. The molecule has 1 unspecified atom stereocenters. The van der Waals surface area contributed by atoms with Gasteiger partial charge in [0.25, 0.3) is 0 Å². The van der Waals surface area contributed by atoms with Crippen LogP contribution in [0.3, 0.4) is 0 Å². The van der Waals surface area contributed by atoms with Gasteiger partial charge in [-0.05, 0) is 19.3 Å². The zero-order valence-corrected chi connectivity index (χ0v) is 11.2. The summed E-state index contributed by atoms with van der Waals surface area (Å²) in [6.07, 6.45) is 8.07. The number of ether oxygens (including phenoxy) is 1. The second kappa shape index (κ2) is 5.70. The average molecular weight is 226 g/mol. The van der Waals surface area contributed by atoms with Gasteiger partial charge in [-0.25, -0.2) is 0 Å². The lowest BCUT2D eigenvalue weighted by Crippen LogP contribution is -2.33. The number of hydrogen-bond donors (Lipinski definition) is 0. The van der Waals surface area contributed by atoms with Crippen LogP contribution < -0.4 is 0 Å². The van der Waals surface area contributed by atoms with E-state index >= 15 is 0 Å². The lowest BCUT2D eigenvalue weighted by atomic mass is 9.74. The fourth-order valence-corrected chi connectivity index (χ4v) is 2.71. The summed E-state index contributed by atoms with van der Waals surface area (Å²) >= 11 is 0. The van der Waals surface area contributed by atoms with E-state index in [1.807, 2.05) is 6.92 Å². The molecule has 0 amide bonds. The maximum absolute atomic E-state index is 11.0. The van der Waals surface area contributed by atoms with Gasteiger partial charge in [0.1, 0.15) is 6.10 Å². The first-order valence-electron chi connectivity index (χ1n) is 6.59. The molecule has 1 fully saturated rings. The molecule has 2 nitrogen and oxygen atoms in total. The zero-order valence-electron chi connectivity index (χ0n) is 11.2. The van der Waals surface area contributed by atoms with Crippen LogP contribution in [-0.2, 0) is 9.53 Å². The Morgan fingerprint density at radius 3 is 2.38 bits per heavy atom. The van der Waals surface area contributed by atoms with Crippen molar-refractivity contribution in [2.45, 2.75) is 72.3 Å². The summed E-state index contributed by atoms with van der Waals surface area (Å²) in [7, 11) is 0. The molecule has 2 heteroatoms. The Morgan fingerprint density at radius 2 is 1.88 bits per heavy atom. The lowest BCUT2D eigenvalue weighted by Gasteiger charge is -2.35. The third kappa shape index (κ3) is 4.15. The van der Waals surface area contributed by atoms with E-state index in [0.717, 1.165) is 5.92 Å². The van der Waals surface area contributed by atoms with E-state index in [9.17, 15) is 4.79 Å². The molecule has 0 N–H and O–H groups in total. The molecular formula is C14H26O2. The fraction of sp³-hybridized carbons (Fsp3) is 0.929. The maximum Gasteiger partial charge on any atom is 0.302 e. The molecule has 0 spiro atoms. The minimum atomic E-state index is -0.163. The van der Waals surface area contributed by atoms with Crippen molar-refractivity contribution in [3.8, 4) is 0 Å². The minimum absolute atomic E-state index is 0.0203.